The first-order valence-corrected chi connectivity index (χ1v) is 8.64. The molecule has 0 N–H and O–H groups in total. The molecule has 0 bridgehead atoms. The molecule has 27 heavy (non-hydrogen) atoms. The predicted molar refractivity (Wildman–Crippen MR) is 106 cm³/mol. The summed E-state index contributed by atoms with van der Waals surface area (Å²) >= 11 is 18.0. The van der Waals surface area contributed by atoms with E-state index in [2.05, 4.69) is 6.07 Å². The van der Waals surface area contributed by atoms with Crippen LogP contribution in [0, 0.1) is 21.4 Å². The third kappa shape index (κ3) is 4.15. The molecular weight excluding hydrogens is 411 g/mol. The average Bonchev–Trinajstić information content (AvgIpc) is 3.10. The van der Waals surface area contributed by atoms with Crippen LogP contribution in [-0.4, -0.2) is 4.92 Å². The van der Waals surface area contributed by atoms with Crippen LogP contribution in [0.5, 0.6) is 0 Å². The lowest BCUT2D eigenvalue weighted by molar-refractivity contribution is -0.384. The number of hydrogen-bond acceptors (Lipinski definition) is 4. The lowest BCUT2D eigenvalue weighted by Gasteiger charge is -2.02. The van der Waals surface area contributed by atoms with E-state index >= 15 is 0 Å². The normalized spacial score (nSPS) is 11.3. The number of nitriles is 1. The van der Waals surface area contributed by atoms with Crippen LogP contribution in [0.25, 0.3) is 23.0 Å². The van der Waals surface area contributed by atoms with E-state index < -0.39 is 4.92 Å². The molecular formula is C19H9Cl3N2O3. The summed E-state index contributed by atoms with van der Waals surface area (Å²) < 4.78 is 5.70. The van der Waals surface area contributed by atoms with Gasteiger partial charge in [-0.15, -0.1) is 0 Å². The van der Waals surface area contributed by atoms with Gasteiger partial charge in [0.1, 0.15) is 11.5 Å². The monoisotopic (exact) mass is 418 g/mol. The second kappa shape index (κ2) is 7.85. The van der Waals surface area contributed by atoms with Crippen molar-refractivity contribution in [3.8, 4) is 17.4 Å². The van der Waals surface area contributed by atoms with Crippen molar-refractivity contribution < 1.29 is 9.34 Å². The van der Waals surface area contributed by atoms with E-state index in [1.807, 2.05) is 0 Å². The van der Waals surface area contributed by atoms with E-state index in [-0.39, 0.29) is 5.69 Å². The molecule has 0 aliphatic rings. The molecule has 0 unspecified atom stereocenters. The molecule has 3 aromatic rings. The fourth-order valence-electron chi connectivity index (χ4n) is 2.38. The van der Waals surface area contributed by atoms with Gasteiger partial charge >= 0.3 is 0 Å². The number of halogens is 3. The van der Waals surface area contributed by atoms with Crippen molar-refractivity contribution in [1.29, 1.82) is 5.26 Å². The molecule has 0 amide bonds. The molecule has 0 aliphatic carbocycles. The van der Waals surface area contributed by atoms with E-state index in [9.17, 15) is 15.4 Å². The summed E-state index contributed by atoms with van der Waals surface area (Å²) in [4.78, 5) is 10.4. The zero-order valence-electron chi connectivity index (χ0n) is 13.4. The number of nitro groups is 1. The Bertz CT molecular complexity index is 1110. The van der Waals surface area contributed by atoms with Crippen LogP contribution in [0.1, 0.15) is 11.3 Å². The molecule has 0 fully saturated rings. The molecule has 3 rings (SSSR count). The molecule has 0 spiro atoms. The minimum Gasteiger partial charge on any atom is -0.457 e. The quantitative estimate of drug-likeness (QED) is 0.262. The van der Waals surface area contributed by atoms with E-state index in [1.165, 1.54) is 24.3 Å². The highest BCUT2D eigenvalue weighted by Crippen LogP contribution is 2.33. The molecule has 1 heterocycles. The summed E-state index contributed by atoms with van der Waals surface area (Å²) in [6.07, 6.45) is 1.54. The topological polar surface area (TPSA) is 80.1 Å². The molecule has 134 valence electrons. The minimum absolute atomic E-state index is 0.101. The Hall–Kier alpha value is -2.78. The molecule has 0 atom stereocenters. The second-order valence-electron chi connectivity index (χ2n) is 5.42. The number of benzene rings is 2. The van der Waals surface area contributed by atoms with E-state index in [0.29, 0.717) is 43.3 Å². The van der Waals surface area contributed by atoms with Gasteiger partial charge in [-0.3, -0.25) is 10.1 Å². The van der Waals surface area contributed by atoms with E-state index in [1.54, 1.807) is 30.3 Å². The van der Waals surface area contributed by atoms with Crippen molar-refractivity contribution in [2.24, 2.45) is 0 Å². The lowest BCUT2D eigenvalue weighted by Crippen LogP contribution is -1.88. The first kappa shape index (κ1) is 19.0. The molecule has 0 radical (unpaired) electrons. The molecule has 2 aromatic carbocycles. The molecule has 5 nitrogen and oxygen atoms in total. The standard InChI is InChI=1S/C19H9Cl3N2O3/c20-16-5-2-13(24(25)26)9-15(16)19-6-3-14(27-19)7-12(10-23)11-1-4-17(21)18(22)8-11/h1-9H/b12-7-. The molecule has 8 heteroatoms. The van der Waals surface area contributed by atoms with Crippen molar-refractivity contribution in [1.82, 2.24) is 0 Å². The Morgan fingerprint density at radius 2 is 1.78 bits per heavy atom. The largest absolute Gasteiger partial charge is 0.457 e. The van der Waals surface area contributed by atoms with Gasteiger partial charge in [-0.05, 0) is 42.0 Å². The fraction of sp³-hybridized carbons (Fsp3) is 0. The molecule has 1 aromatic heterocycles. The highest BCUT2D eigenvalue weighted by atomic mass is 35.5. The zero-order valence-corrected chi connectivity index (χ0v) is 15.7. The van der Waals surface area contributed by atoms with Crippen molar-refractivity contribution in [2.45, 2.75) is 0 Å². The van der Waals surface area contributed by atoms with Crippen LogP contribution in [-0.2, 0) is 0 Å². The number of non-ortho nitro benzene ring substituents is 1. The smallest absolute Gasteiger partial charge is 0.270 e. The van der Waals surface area contributed by atoms with E-state index in [4.69, 9.17) is 39.2 Å². The Kier molecular flexibility index (Phi) is 5.52. The number of hydrogen-bond donors (Lipinski definition) is 0. The summed E-state index contributed by atoms with van der Waals surface area (Å²) in [5, 5.41) is 21.4. The summed E-state index contributed by atoms with van der Waals surface area (Å²) in [5.41, 5.74) is 1.19. The third-order valence-electron chi connectivity index (χ3n) is 3.69. The Morgan fingerprint density at radius 1 is 1.04 bits per heavy atom. The second-order valence-corrected chi connectivity index (χ2v) is 6.64. The maximum Gasteiger partial charge on any atom is 0.270 e. The molecule has 0 saturated carbocycles. The van der Waals surface area contributed by atoms with Crippen molar-refractivity contribution in [3.05, 3.63) is 85.0 Å². The number of furan rings is 1. The highest BCUT2D eigenvalue weighted by Gasteiger charge is 2.14. The maximum atomic E-state index is 11.0. The summed E-state index contributed by atoms with van der Waals surface area (Å²) in [5.74, 6) is 0.733. The van der Waals surface area contributed by atoms with Crippen LogP contribution in [0.4, 0.5) is 5.69 Å². The summed E-state index contributed by atoms with van der Waals surface area (Å²) in [6, 6.07) is 14.3. The average molecular weight is 420 g/mol. The van der Waals surface area contributed by atoms with Gasteiger partial charge in [-0.1, -0.05) is 40.9 Å². The van der Waals surface area contributed by atoms with Crippen molar-refractivity contribution >= 4 is 52.1 Å². The predicted octanol–water partition coefficient (Wildman–Crippen LogP) is 6.88. The van der Waals surface area contributed by atoms with Crippen LogP contribution >= 0.6 is 34.8 Å². The van der Waals surface area contributed by atoms with Crippen LogP contribution in [0.15, 0.2) is 52.9 Å². The first-order chi connectivity index (χ1) is 12.9. The molecule has 0 saturated heterocycles. The lowest BCUT2D eigenvalue weighted by atomic mass is 10.1. The Morgan fingerprint density at radius 3 is 2.44 bits per heavy atom. The van der Waals surface area contributed by atoms with Gasteiger partial charge < -0.3 is 4.42 Å². The van der Waals surface area contributed by atoms with E-state index in [0.717, 1.165) is 0 Å². The summed E-state index contributed by atoms with van der Waals surface area (Å²) in [6.45, 7) is 0. The van der Waals surface area contributed by atoms with Crippen LogP contribution in [0.3, 0.4) is 0 Å². The van der Waals surface area contributed by atoms with Gasteiger partial charge in [0.25, 0.3) is 5.69 Å². The minimum atomic E-state index is -0.512. The fourth-order valence-corrected chi connectivity index (χ4v) is 2.89. The van der Waals surface area contributed by atoms with Crippen molar-refractivity contribution in [3.63, 3.8) is 0 Å². The SMILES string of the molecule is N#C/C(=C/c1ccc(-c2cc([N+](=O)[O-])ccc2Cl)o1)c1ccc(Cl)c(Cl)c1. The van der Waals surface area contributed by atoms with Crippen LogP contribution in [0.2, 0.25) is 15.1 Å². The van der Waals surface area contributed by atoms with Gasteiger partial charge in [0.2, 0.25) is 0 Å². The number of nitrogens with zero attached hydrogens (tertiary/aromatic N) is 2. The number of allylic oxidation sites excluding steroid dienone is 1. The third-order valence-corrected chi connectivity index (χ3v) is 4.76. The zero-order chi connectivity index (χ0) is 19.6. The van der Waals surface area contributed by atoms with Gasteiger partial charge in [-0.25, -0.2) is 0 Å². The van der Waals surface area contributed by atoms with Gasteiger partial charge in [0.05, 0.1) is 31.6 Å². The first-order valence-electron chi connectivity index (χ1n) is 7.50. The Labute approximate surface area is 169 Å². The number of nitro benzene ring substituents is 1. The maximum absolute atomic E-state index is 11.0. The van der Waals surface area contributed by atoms with Gasteiger partial charge in [-0.2, -0.15) is 5.26 Å². The van der Waals surface area contributed by atoms with Gasteiger partial charge in [0, 0.05) is 17.7 Å². The van der Waals surface area contributed by atoms with Gasteiger partial charge in [0.15, 0.2) is 0 Å². The van der Waals surface area contributed by atoms with Crippen LogP contribution < -0.4 is 0 Å². The highest BCUT2D eigenvalue weighted by molar-refractivity contribution is 6.42. The Balaban J connectivity index is 1.99. The molecule has 0 aliphatic heterocycles. The van der Waals surface area contributed by atoms with Crippen molar-refractivity contribution in [2.75, 3.05) is 0 Å². The number of rotatable bonds is 4. The summed E-state index contributed by atoms with van der Waals surface area (Å²) in [7, 11) is 0.